The molecule has 0 amide bonds. The Morgan fingerprint density at radius 2 is 2.20 bits per heavy atom. The van der Waals surface area contributed by atoms with Gasteiger partial charge in [0.25, 0.3) is 0 Å². The minimum Gasteiger partial charge on any atom is -0.392 e. The number of aliphatic hydroxyl groups is 1. The first kappa shape index (κ1) is 14.3. The van der Waals surface area contributed by atoms with Gasteiger partial charge in [-0.25, -0.2) is 0 Å². The van der Waals surface area contributed by atoms with E-state index in [0.717, 1.165) is 36.5 Å². The highest BCUT2D eigenvalue weighted by atomic mass is 35.5. The lowest BCUT2D eigenvalue weighted by Crippen LogP contribution is -2.44. The molecule has 3 rings (SSSR count). The molecule has 3 nitrogen and oxygen atoms in total. The van der Waals surface area contributed by atoms with Crippen molar-refractivity contribution in [1.82, 2.24) is 0 Å². The van der Waals surface area contributed by atoms with Gasteiger partial charge in [0.15, 0.2) is 0 Å². The smallest absolute Gasteiger partial charge is 0.0940 e. The van der Waals surface area contributed by atoms with Gasteiger partial charge in [-0.3, -0.25) is 0 Å². The zero-order valence-electron chi connectivity index (χ0n) is 11.6. The number of benzene rings is 1. The molecule has 110 valence electrons. The average Bonchev–Trinajstić information content (AvgIpc) is 2.89. The van der Waals surface area contributed by atoms with Gasteiger partial charge < -0.3 is 14.6 Å². The number of hydrogen-bond acceptors (Lipinski definition) is 3. The molecule has 1 aromatic carbocycles. The first-order valence-electron chi connectivity index (χ1n) is 7.32. The minimum atomic E-state index is -0.365. The van der Waals surface area contributed by atoms with Crippen molar-refractivity contribution in [3.05, 3.63) is 34.9 Å². The van der Waals surface area contributed by atoms with E-state index in [-0.39, 0.29) is 17.6 Å². The summed E-state index contributed by atoms with van der Waals surface area (Å²) in [5.41, 5.74) is 0.870. The predicted octanol–water partition coefficient (Wildman–Crippen LogP) is 2.83. The van der Waals surface area contributed by atoms with Crippen molar-refractivity contribution in [1.29, 1.82) is 0 Å². The molecule has 2 aliphatic rings. The van der Waals surface area contributed by atoms with Crippen LogP contribution in [0.3, 0.4) is 0 Å². The van der Waals surface area contributed by atoms with Gasteiger partial charge in [-0.1, -0.05) is 29.8 Å². The zero-order valence-corrected chi connectivity index (χ0v) is 12.3. The second-order valence-electron chi connectivity index (χ2n) is 5.95. The Morgan fingerprint density at radius 3 is 2.95 bits per heavy atom. The largest absolute Gasteiger partial charge is 0.392 e. The maximum absolute atomic E-state index is 10.5. The lowest BCUT2D eigenvalue weighted by atomic mass is 9.80. The van der Waals surface area contributed by atoms with Crippen molar-refractivity contribution in [2.45, 2.75) is 37.4 Å². The van der Waals surface area contributed by atoms with Crippen molar-refractivity contribution in [2.24, 2.45) is 5.92 Å². The quantitative estimate of drug-likeness (QED) is 0.932. The summed E-state index contributed by atoms with van der Waals surface area (Å²) in [5, 5.41) is 11.3. The van der Waals surface area contributed by atoms with Crippen LogP contribution in [-0.4, -0.2) is 36.6 Å². The highest BCUT2D eigenvalue weighted by Gasteiger charge is 2.42. The number of rotatable bonds is 3. The first-order chi connectivity index (χ1) is 9.69. The van der Waals surface area contributed by atoms with Crippen LogP contribution in [0, 0.1) is 5.92 Å². The molecule has 20 heavy (non-hydrogen) atoms. The van der Waals surface area contributed by atoms with Crippen molar-refractivity contribution in [2.75, 3.05) is 19.8 Å². The summed E-state index contributed by atoms with van der Waals surface area (Å²) >= 11 is 6.17. The van der Waals surface area contributed by atoms with Crippen LogP contribution in [0.5, 0.6) is 0 Å². The third kappa shape index (κ3) is 3.01. The van der Waals surface area contributed by atoms with Crippen LogP contribution in [-0.2, 0) is 15.9 Å². The second kappa shape index (κ2) is 6.02. The van der Waals surface area contributed by atoms with E-state index in [2.05, 4.69) is 0 Å². The van der Waals surface area contributed by atoms with Gasteiger partial charge in [0.2, 0.25) is 0 Å². The lowest BCUT2D eigenvalue weighted by molar-refractivity contribution is -0.116. The molecule has 3 atom stereocenters. The summed E-state index contributed by atoms with van der Waals surface area (Å²) in [6.45, 7) is 2.16. The topological polar surface area (TPSA) is 38.7 Å². The summed E-state index contributed by atoms with van der Waals surface area (Å²) in [6.07, 6.45) is 2.99. The fourth-order valence-corrected chi connectivity index (χ4v) is 3.53. The molecule has 2 fully saturated rings. The maximum atomic E-state index is 10.5. The van der Waals surface area contributed by atoms with Gasteiger partial charge >= 0.3 is 0 Å². The van der Waals surface area contributed by atoms with Gasteiger partial charge in [0.1, 0.15) is 0 Å². The molecule has 0 aliphatic carbocycles. The SMILES string of the molecule is OC(Cc1ccccc1Cl)C1CCOC2(CCOC2)C1. The predicted molar refractivity (Wildman–Crippen MR) is 78.0 cm³/mol. The Kier molecular flexibility index (Phi) is 4.32. The van der Waals surface area contributed by atoms with Crippen molar-refractivity contribution >= 4 is 11.6 Å². The number of hydrogen-bond donors (Lipinski definition) is 1. The van der Waals surface area contributed by atoms with Gasteiger partial charge in [-0.15, -0.1) is 0 Å². The molecule has 2 heterocycles. The molecule has 0 radical (unpaired) electrons. The number of aliphatic hydroxyl groups excluding tert-OH is 1. The molecule has 1 N–H and O–H groups in total. The van der Waals surface area contributed by atoms with Crippen LogP contribution in [0.1, 0.15) is 24.8 Å². The molecule has 1 spiro atoms. The van der Waals surface area contributed by atoms with E-state index in [1.807, 2.05) is 24.3 Å². The third-order valence-electron chi connectivity index (χ3n) is 4.53. The Labute approximate surface area is 124 Å². The van der Waals surface area contributed by atoms with Gasteiger partial charge in [0.05, 0.1) is 18.3 Å². The molecule has 0 saturated carbocycles. The molecule has 0 bridgehead atoms. The fourth-order valence-electron chi connectivity index (χ4n) is 3.31. The Balaban J connectivity index is 1.65. The Bertz CT molecular complexity index is 457. The van der Waals surface area contributed by atoms with Crippen molar-refractivity contribution in [3.8, 4) is 0 Å². The van der Waals surface area contributed by atoms with Gasteiger partial charge in [0, 0.05) is 31.1 Å². The molecule has 0 aromatic heterocycles. The molecule has 1 aromatic rings. The van der Waals surface area contributed by atoms with E-state index in [1.165, 1.54) is 0 Å². The van der Waals surface area contributed by atoms with Gasteiger partial charge in [-0.05, 0) is 30.4 Å². The normalized spacial score (nSPS) is 31.6. The molecular weight excluding hydrogens is 276 g/mol. The van der Waals surface area contributed by atoms with E-state index >= 15 is 0 Å². The van der Waals surface area contributed by atoms with E-state index in [4.69, 9.17) is 21.1 Å². The molecule has 2 aliphatic heterocycles. The van der Waals surface area contributed by atoms with E-state index < -0.39 is 0 Å². The average molecular weight is 297 g/mol. The van der Waals surface area contributed by atoms with E-state index in [1.54, 1.807) is 0 Å². The zero-order chi connectivity index (χ0) is 14.0. The first-order valence-corrected chi connectivity index (χ1v) is 7.69. The Hall–Kier alpha value is -0.610. The highest BCUT2D eigenvalue weighted by Crippen LogP contribution is 2.37. The van der Waals surface area contributed by atoms with Crippen LogP contribution >= 0.6 is 11.6 Å². The summed E-state index contributed by atoms with van der Waals surface area (Å²) in [6, 6.07) is 7.74. The van der Waals surface area contributed by atoms with Gasteiger partial charge in [-0.2, -0.15) is 0 Å². The summed E-state index contributed by atoms with van der Waals surface area (Å²) in [5.74, 6) is 0.265. The lowest BCUT2D eigenvalue weighted by Gasteiger charge is -2.39. The fraction of sp³-hybridized carbons (Fsp3) is 0.625. The molecule has 2 saturated heterocycles. The van der Waals surface area contributed by atoms with Crippen LogP contribution < -0.4 is 0 Å². The van der Waals surface area contributed by atoms with E-state index in [0.29, 0.717) is 19.6 Å². The maximum Gasteiger partial charge on any atom is 0.0940 e. The Morgan fingerprint density at radius 1 is 1.35 bits per heavy atom. The van der Waals surface area contributed by atoms with Crippen LogP contribution in [0.4, 0.5) is 0 Å². The highest BCUT2D eigenvalue weighted by molar-refractivity contribution is 6.31. The van der Waals surface area contributed by atoms with Crippen molar-refractivity contribution < 1.29 is 14.6 Å². The number of ether oxygens (including phenoxy) is 2. The minimum absolute atomic E-state index is 0.148. The summed E-state index contributed by atoms with van der Waals surface area (Å²) in [4.78, 5) is 0. The monoisotopic (exact) mass is 296 g/mol. The second-order valence-corrected chi connectivity index (χ2v) is 6.36. The van der Waals surface area contributed by atoms with E-state index in [9.17, 15) is 5.11 Å². The van der Waals surface area contributed by atoms with Crippen LogP contribution in [0.15, 0.2) is 24.3 Å². The summed E-state index contributed by atoms with van der Waals surface area (Å²) in [7, 11) is 0. The standard InChI is InChI=1S/C16H21ClO3/c17-14-4-2-1-3-12(14)9-15(18)13-5-7-20-16(10-13)6-8-19-11-16/h1-4,13,15,18H,5-11H2. The molecular formula is C16H21ClO3. The van der Waals surface area contributed by atoms with Crippen molar-refractivity contribution in [3.63, 3.8) is 0 Å². The number of halogens is 1. The van der Waals surface area contributed by atoms with Crippen LogP contribution in [0.25, 0.3) is 0 Å². The molecule has 4 heteroatoms. The third-order valence-corrected chi connectivity index (χ3v) is 4.90. The molecule has 3 unspecified atom stereocenters. The summed E-state index contributed by atoms with van der Waals surface area (Å²) < 4.78 is 11.4. The van der Waals surface area contributed by atoms with Crippen LogP contribution in [0.2, 0.25) is 5.02 Å².